The van der Waals surface area contributed by atoms with Crippen molar-refractivity contribution in [1.29, 1.82) is 0 Å². The molecule has 2 aliphatic heterocycles. The van der Waals surface area contributed by atoms with Gasteiger partial charge in [-0.05, 0) is 6.92 Å². The molecule has 26 heavy (non-hydrogen) atoms. The number of carbonyl (C=O) groups is 1. The van der Waals surface area contributed by atoms with E-state index in [1.54, 1.807) is 6.92 Å². The van der Waals surface area contributed by atoms with Gasteiger partial charge in [0.1, 0.15) is 16.6 Å². The standard InChI is InChI=1S/C15H17FN4O5S/c1-10-2-13(18-25-10)14(21)19-7-15(8-19)9-26(22,23)12(6-24-15)5-20-4-11(16)3-17-20/h2-4,12H,5-9H2,1H3/t12-/m0/s1. The molecule has 0 aliphatic carbocycles. The molecule has 4 heterocycles. The van der Waals surface area contributed by atoms with E-state index in [4.69, 9.17) is 9.26 Å². The molecule has 2 aromatic rings. The van der Waals surface area contributed by atoms with Crippen molar-refractivity contribution in [1.82, 2.24) is 19.8 Å². The largest absolute Gasteiger partial charge is 0.369 e. The normalized spacial score (nSPS) is 23.8. The smallest absolute Gasteiger partial charge is 0.276 e. The van der Waals surface area contributed by atoms with Gasteiger partial charge >= 0.3 is 0 Å². The van der Waals surface area contributed by atoms with Gasteiger partial charge in [-0.2, -0.15) is 5.10 Å². The third kappa shape index (κ3) is 3.01. The lowest BCUT2D eigenvalue weighted by Crippen LogP contribution is -2.70. The lowest BCUT2D eigenvalue weighted by Gasteiger charge is -2.51. The zero-order chi connectivity index (χ0) is 18.5. The van der Waals surface area contributed by atoms with Crippen LogP contribution in [-0.4, -0.2) is 70.5 Å². The van der Waals surface area contributed by atoms with Crippen LogP contribution in [0.5, 0.6) is 0 Å². The Kier molecular flexibility index (Phi) is 3.88. The summed E-state index contributed by atoms with van der Waals surface area (Å²) in [6.07, 6.45) is 2.17. The monoisotopic (exact) mass is 384 g/mol. The average Bonchev–Trinajstić information content (AvgIpc) is 3.14. The highest BCUT2D eigenvalue weighted by Gasteiger charge is 2.54. The highest BCUT2D eigenvalue weighted by molar-refractivity contribution is 7.92. The molecular weight excluding hydrogens is 367 g/mol. The van der Waals surface area contributed by atoms with Crippen LogP contribution in [0.1, 0.15) is 16.2 Å². The third-order valence-corrected chi connectivity index (χ3v) is 6.86. The van der Waals surface area contributed by atoms with E-state index >= 15 is 0 Å². The Labute approximate surface area is 148 Å². The summed E-state index contributed by atoms with van der Waals surface area (Å²) in [7, 11) is -3.47. The summed E-state index contributed by atoms with van der Waals surface area (Å²) in [5, 5.41) is 6.65. The molecule has 0 bridgehead atoms. The second kappa shape index (κ2) is 5.88. The molecule has 1 atom stereocenters. The zero-order valence-corrected chi connectivity index (χ0v) is 14.8. The number of rotatable bonds is 3. The molecule has 2 fully saturated rings. The van der Waals surface area contributed by atoms with E-state index in [1.165, 1.54) is 15.6 Å². The molecule has 9 nitrogen and oxygen atoms in total. The van der Waals surface area contributed by atoms with Crippen LogP contribution in [0, 0.1) is 12.7 Å². The van der Waals surface area contributed by atoms with Gasteiger partial charge in [-0.25, -0.2) is 12.8 Å². The molecule has 140 valence electrons. The van der Waals surface area contributed by atoms with Gasteiger partial charge in [0.2, 0.25) is 0 Å². The topological polar surface area (TPSA) is 108 Å². The molecule has 2 aromatic heterocycles. The Balaban J connectivity index is 1.40. The number of halogens is 1. The molecular formula is C15H17FN4O5S. The van der Waals surface area contributed by atoms with Crippen LogP contribution >= 0.6 is 0 Å². The summed E-state index contributed by atoms with van der Waals surface area (Å²) in [6, 6.07) is 1.53. The van der Waals surface area contributed by atoms with Gasteiger partial charge in [0.25, 0.3) is 5.91 Å². The molecule has 0 N–H and O–H groups in total. The Morgan fingerprint density at radius 2 is 2.23 bits per heavy atom. The number of hydrogen-bond acceptors (Lipinski definition) is 7. The van der Waals surface area contributed by atoms with Crippen molar-refractivity contribution in [2.45, 2.75) is 24.3 Å². The van der Waals surface area contributed by atoms with E-state index in [2.05, 4.69) is 10.3 Å². The van der Waals surface area contributed by atoms with Gasteiger partial charge in [-0.3, -0.25) is 9.48 Å². The second-order valence-electron chi connectivity index (χ2n) is 6.79. The summed E-state index contributed by atoms with van der Waals surface area (Å²) in [5.74, 6) is -0.497. The number of aryl methyl sites for hydroxylation is 1. The maximum atomic E-state index is 13.0. The zero-order valence-electron chi connectivity index (χ0n) is 14.0. The van der Waals surface area contributed by atoms with E-state index < -0.39 is 26.5 Å². The molecule has 11 heteroatoms. The molecule has 0 saturated carbocycles. The minimum absolute atomic E-state index is 0.0189. The van der Waals surface area contributed by atoms with Crippen molar-refractivity contribution in [3.63, 3.8) is 0 Å². The van der Waals surface area contributed by atoms with E-state index in [1.807, 2.05) is 0 Å². The molecule has 0 radical (unpaired) electrons. The first-order valence-electron chi connectivity index (χ1n) is 8.02. The summed E-state index contributed by atoms with van der Waals surface area (Å²) >= 11 is 0. The van der Waals surface area contributed by atoms with Crippen LogP contribution in [-0.2, 0) is 21.1 Å². The predicted octanol–water partition coefficient (Wildman–Crippen LogP) is 0.0270. The Hall–Kier alpha value is -2.27. The molecule has 2 saturated heterocycles. The van der Waals surface area contributed by atoms with Crippen molar-refractivity contribution in [3.05, 3.63) is 35.7 Å². The Morgan fingerprint density at radius 1 is 1.46 bits per heavy atom. The number of carbonyl (C=O) groups excluding carboxylic acids is 1. The molecule has 1 amide bonds. The van der Waals surface area contributed by atoms with Gasteiger partial charge in [-0.1, -0.05) is 5.16 Å². The Bertz CT molecular complexity index is 947. The summed E-state index contributed by atoms with van der Waals surface area (Å²) in [6.45, 7) is 2.06. The van der Waals surface area contributed by atoms with Crippen LogP contribution in [0.15, 0.2) is 23.0 Å². The van der Waals surface area contributed by atoms with Crippen LogP contribution in [0.3, 0.4) is 0 Å². The van der Waals surface area contributed by atoms with E-state index in [9.17, 15) is 17.6 Å². The number of sulfone groups is 1. The fourth-order valence-electron chi connectivity index (χ4n) is 3.32. The number of ether oxygens (including phenoxy) is 1. The lowest BCUT2D eigenvalue weighted by molar-refractivity contribution is -0.121. The lowest BCUT2D eigenvalue weighted by atomic mass is 9.95. The van der Waals surface area contributed by atoms with Gasteiger partial charge in [0.05, 0.1) is 44.4 Å². The molecule has 2 aliphatic rings. The number of hydrogen-bond donors (Lipinski definition) is 0. The van der Waals surface area contributed by atoms with Gasteiger partial charge < -0.3 is 14.2 Å². The van der Waals surface area contributed by atoms with Crippen molar-refractivity contribution in [2.24, 2.45) is 0 Å². The van der Waals surface area contributed by atoms with Gasteiger partial charge in [0.15, 0.2) is 21.3 Å². The SMILES string of the molecule is Cc1cc(C(=O)N2CC3(C2)CS(=O)(=O)[C@@H](Cn2cc(F)cn2)CO3)no1. The number of nitrogens with zero attached hydrogens (tertiary/aromatic N) is 4. The molecule has 1 spiro atoms. The first-order chi connectivity index (χ1) is 12.3. The van der Waals surface area contributed by atoms with Crippen LogP contribution in [0.4, 0.5) is 4.39 Å². The first kappa shape index (κ1) is 17.2. The van der Waals surface area contributed by atoms with Crippen molar-refractivity contribution < 1.29 is 26.9 Å². The van der Waals surface area contributed by atoms with Gasteiger partial charge in [-0.15, -0.1) is 0 Å². The fourth-order valence-corrected chi connectivity index (χ4v) is 5.21. The van der Waals surface area contributed by atoms with Crippen LogP contribution < -0.4 is 0 Å². The van der Waals surface area contributed by atoms with E-state index in [0.29, 0.717) is 5.76 Å². The van der Waals surface area contributed by atoms with Crippen molar-refractivity contribution >= 4 is 15.7 Å². The quantitative estimate of drug-likeness (QED) is 0.734. The van der Waals surface area contributed by atoms with Crippen molar-refractivity contribution in [2.75, 3.05) is 25.4 Å². The second-order valence-corrected chi connectivity index (χ2v) is 9.07. The number of aromatic nitrogens is 3. The maximum absolute atomic E-state index is 13.0. The number of amides is 1. The third-order valence-electron chi connectivity index (χ3n) is 4.63. The molecule has 0 aromatic carbocycles. The van der Waals surface area contributed by atoms with Crippen LogP contribution in [0.2, 0.25) is 0 Å². The summed E-state index contributed by atoms with van der Waals surface area (Å²) in [4.78, 5) is 13.8. The highest BCUT2D eigenvalue weighted by Crippen LogP contribution is 2.33. The molecule has 4 rings (SSSR count). The minimum Gasteiger partial charge on any atom is -0.369 e. The number of likely N-dealkylation sites (tertiary alicyclic amines) is 1. The minimum atomic E-state index is -3.47. The Morgan fingerprint density at radius 3 is 2.81 bits per heavy atom. The summed E-state index contributed by atoms with van der Waals surface area (Å²) in [5.41, 5.74) is -0.700. The van der Waals surface area contributed by atoms with E-state index in [-0.39, 0.29) is 43.6 Å². The fraction of sp³-hybridized carbons (Fsp3) is 0.533. The first-order valence-corrected chi connectivity index (χ1v) is 9.74. The van der Waals surface area contributed by atoms with Crippen LogP contribution in [0.25, 0.3) is 0 Å². The molecule has 0 unspecified atom stereocenters. The average molecular weight is 384 g/mol. The van der Waals surface area contributed by atoms with E-state index in [0.717, 1.165) is 12.4 Å². The predicted molar refractivity (Wildman–Crippen MR) is 85.6 cm³/mol. The summed E-state index contributed by atoms with van der Waals surface area (Å²) < 4.78 is 50.2. The van der Waals surface area contributed by atoms with Crippen molar-refractivity contribution in [3.8, 4) is 0 Å². The maximum Gasteiger partial charge on any atom is 0.276 e. The highest BCUT2D eigenvalue weighted by atomic mass is 32.2. The van der Waals surface area contributed by atoms with Gasteiger partial charge in [0, 0.05) is 6.07 Å².